The van der Waals surface area contributed by atoms with Gasteiger partial charge in [-0.2, -0.15) is 0 Å². The van der Waals surface area contributed by atoms with Crippen molar-refractivity contribution in [3.8, 4) is 5.75 Å². The lowest BCUT2D eigenvalue weighted by atomic mass is 9.99. The van der Waals surface area contributed by atoms with E-state index >= 15 is 0 Å². The van der Waals surface area contributed by atoms with Gasteiger partial charge in [-0.15, -0.1) is 0 Å². The van der Waals surface area contributed by atoms with Crippen molar-refractivity contribution in [2.24, 2.45) is 0 Å². The number of rotatable bonds is 2. The van der Waals surface area contributed by atoms with Crippen molar-refractivity contribution < 1.29 is 14.3 Å². The first kappa shape index (κ1) is 11.9. The summed E-state index contributed by atoms with van der Waals surface area (Å²) in [6.07, 6.45) is 0. The van der Waals surface area contributed by atoms with Crippen molar-refractivity contribution in [3.05, 3.63) is 39.6 Å². The van der Waals surface area contributed by atoms with Gasteiger partial charge < -0.3 is 5.11 Å². The van der Waals surface area contributed by atoms with E-state index < -0.39 is 11.6 Å². The van der Waals surface area contributed by atoms with Crippen molar-refractivity contribution in [2.45, 2.75) is 13.8 Å². The minimum absolute atomic E-state index is 0.0330. The summed E-state index contributed by atoms with van der Waals surface area (Å²) < 4.78 is 13.5. The first-order valence-electron chi connectivity index (χ1n) is 4.24. The van der Waals surface area contributed by atoms with Crippen LogP contribution in [0.1, 0.15) is 22.8 Å². The molecule has 0 aliphatic rings. The van der Waals surface area contributed by atoms with E-state index in [2.05, 4.69) is 22.5 Å². The van der Waals surface area contributed by atoms with Crippen LogP contribution in [0.3, 0.4) is 0 Å². The van der Waals surface area contributed by atoms with E-state index in [1.54, 1.807) is 0 Å². The second-order valence-corrected chi connectivity index (χ2v) is 4.15. The van der Waals surface area contributed by atoms with Crippen molar-refractivity contribution >= 4 is 21.7 Å². The Morgan fingerprint density at radius 3 is 2.60 bits per heavy atom. The zero-order valence-corrected chi connectivity index (χ0v) is 9.98. The van der Waals surface area contributed by atoms with E-state index in [0.29, 0.717) is 0 Å². The third-order valence-electron chi connectivity index (χ3n) is 2.06. The molecule has 1 aromatic carbocycles. The van der Waals surface area contributed by atoms with E-state index in [4.69, 9.17) is 0 Å². The maximum absolute atomic E-state index is 13.3. The molecular weight excluding hydrogens is 263 g/mol. The average molecular weight is 273 g/mol. The molecule has 1 N–H and O–H groups in total. The summed E-state index contributed by atoms with van der Waals surface area (Å²) >= 11 is 2.98. The number of benzene rings is 1. The van der Waals surface area contributed by atoms with E-state index in [1.165, 1.54) is 13.8 Å². The van der Waals surface area contributed by atoms with Gasteiger partial charge in [0.1, 0.15) is 11.6 Å². The molecule has 1 rings (SSSR count). The number of phenolic OH excluding ortho intramolecular Hbond substituents is 1. The van der Waals surface area contributed by atoms with Gasteiger partial charge in [-0.3, -0.25) is 4.79 Å². The van der Waals surface area contributed by atoms with Crippen LogP contribution in [-0.2, 0) is 0 Å². The molecule has 0 saturated carbocycles. The Hall–Kier alpha value is -1.16. The van der Waals surface area contributed by atoms with E-state index in [1.807, 2.05) is 0 Å². The monoisotopic (exact) mass is 272 g/mol. The minimum Gasteiger partial charge on any atom is -0.506 e. The van der Waals surface area contributed by atoms with E-state index in [-0.39, 0.29) is 26.9 Å². The molecule has 1 aromatic rings. The molecule has 0 bridgehead atoms. The number of hydrogen-bond acceptors (Lipinski definition) is 2. The topological polar surface area (TPSA) is 37.3 Å². The Balaban J connectivity index is 3.53. The fraction of sp³-hybridized carbons (Fsp3) is 0.182. The second kappa shape index (κ2) is 4.14. The summed E-state index contributed by atoms with van der Waals surface area (Å²) in [4.78, 5) is 11.6. The van der Waals surface area contributed by atoms with Gasteiger partial charge in [0.25, 0.3) is 0 Å². The number of allylic oxidation sites excluding steroid dienone is 1. The molecule has 0 saturated heterocycles. The molecule has 0 unspecified atom stereocenters. The SMILES string of the molecule is C=C(C)C(=O)c1c(C)c(F)cc(Br)c1O. The number of aromatic hydroxyl groups is 1. The normalized spacial score (nSPS) is 10.1. The quantitative estimate of drug-likeness (QED) is 0.662. The molecule has 0 heterocycles. The van der Waals surface area contributed by atoms with Crippen LogP contribution >= 0.6 is 15.9 Å². The third kappa shape index (κ3) is 2.09. The molecule has 0 atom stereocenters. The number of Topliss-reactive ketones (excluding diaryl/α,β-unsaturated/α-hetero) is 1. The van der Waals surface area contributed by atoms with Gasteiger partial charge >= 0.3 is 0 Å². The predicted molar refractivity (Wildman–Crippen MR) is 59.6 cm³/mol. The maximum atomic E-state index is 13.3. The van der Waals surface area contributed by atoms with Crippen LogP contribution in [0.4, 0.5) is 4.39 Å². The minimum atomic E-state index is -0.538. The summed E-state index contributed by atoms with van der Waals surface area (Å²) in [5, 5.41) is 9.65. The Kier molecular flexibility index (Phi) is 3.29. The molecule has 0 aliphatic carbocycles. The lowest BCUT2D eigenvalue weighted by Gasteiger charge is -2.09. The lowest BCUT2D eigenvalue weighted by Crippen LogP contribution is -2.05. The van der Waals surface area contributed by atoms with Gasteiger partial charge in [-0.25, -0.2) is 4.39 Å². The lowest BCUT2D eigenvalue weighted by molar-refractivity contribution is 0.103. The number of carbonyl (C=O) groups is 1. The van der Waals surface area contributed by atoms with Crippen molar-refractivity contribution in [1.29, 1.82) is 0 Å². The number of phenols is 1. The standard InChI is InChI=1S/C11H10BrFO2/c1-5(2)10(14)9-6(3)8(13)4-7(12)11(9)15/h4,15H,1H2,2-3H3. The van der Waals surface area contributed by atoms with Crippen LogP contribution in [0.2, 0.25) is 0 Å². The molecule has 0 spiro atoms. The number of hydrogen-bond donors (Lipinski definition) is 1. The van der Waals surface area contributed by atoms with E-state index in [0.717, 1.165) is 6.07 Å². The summed E-state index contributed by atoms with van der Waals surface area (Å²) in [6.45, 7) is 6.43. The summed E-state index contributed by atoms with van der Waals surface area (Å²) in [6, 6.07) is 1.12. The predicted octanol–water partition coefficient (Wildman–Crippen LogP) is 3.36. The van der Waals surface area contributed by atoms with Gasteiger partial charge in [0.2, 0.25) is 0 Å². The van der Waals surface area contributed by atoms with Gasteiger partial charge in [0.05, 0.1) is 10.0 Å². The number of carbonyl (C=O) groups excluding carboxylic acids is 1. The molecule has 80 valence electrons. The molecular formula is C11H10BrFO2. The number of ketones is 1. The molecule has 0 amide bonds. The zero-order valence-electron chi connectivity index (χ0n) is 8.40. The fourth-order valence-electron chi connectivity index (χ4n) is 1.20. The van der Waals surface area contributed by atoms with Crippen LogP contribution < -0.4 is 0 Å². The smallest absolute Gasteiger partial charge is 0.192 e. The molecule has 0 aromatic heterocycles. The van der Waals surface area contributed by atoms with Gasteiger partial charge in [0.15, 0.2) is 5.78 Å². The third-order valence-corrected chi connectivity index (χ3v) is 2.67. The van der Waals surface area contributed by atoms with Crippen LogP contribution in [0.15, 0.2) is 22.7 Å². The van der Waals surface area contributed by atoms with E-state index in [9.17, 15) is 14.3 Å². The van der Waals surface area contributed by atoms with Crippen LogP contribution in [0.5, 0.6) is 5.75 Å². The Morgan fingerprint density at radius 2 is 2.13 bits per heavy atom. The molecule has 0 aliphatic heterocycles. The highest BCUT2D eigenvalue weighted by molar-refractivity contribution is 9.10. The zero-order chi connectivity index (χ0) is 11.7. The summed E-state index contributed by atoms with van der Waals surface area (Å²) in [5.41, 5.74) is 0.351. The van der Waals surface area contributed by atoms with Crippen LogP contribution in [0, 0.1) is 12.7 Å². The average Bonchev–Trinajstić information content (AvgIpc) is 2.15. The van der Waals surface area contributed by atoms with Gasteiger partial charge in [0, 0.05) is 0 Å². The highest BCUT2D eigenvalue weighted by Gasteiger charge is 2.20. The molecule has 0 fully saturated rings. The van der Waals surface area contributed by atoms with Gasteiger partial charge in [-0.1, -0.05) is 6.58 Å². The Morgan fingerprint density at radius 1 is 1.60 bits per heavy atom. The summed E-state index contributed by atoms with van der Waals surface area (Å²) in [7, 11) is 0. The fourth-order valence-corrected chi connectivity index (χ4v) is 1.59. The van der Waals surface area contributed by atoms with Crippen molar-refractivity contribution in [1.82, 2.24) is 0 Å². The van der Waals surface area contributed by atoms with Crippen LogP contribution in [-0.4, -0.2) is 10.9 Å². The van der Waals surface area contributed by atoms with Crippen molar-refractivity contribution in [3.63, 3.8) is 0 Å². The Bertz CT molecular complexity index is 426. The highest BCUT2D eigenvalue weighted by Crippen LogP contribution is 2.33. The summed E-state index contributed by atoms with van der Waals surface area (Å²) in [5.74, 6) is -1.24. The second-order valence-electron chi connectivity index (χ2n) is 3.30. The van der Waals surface area contributed by atoms with Crippen LogP contribution in [0.25, 0.3) is 0 Å². The first-order chi connectivity index (χ1) is 6.86. The maximum Gasteiger partial charge on any atom is 0.192 e. The molecule has 2 nitrogen and oxygen atoms in total. The van der Waals surface area contributed by atoms with Gasteiger partial charge in [-0.05, 0) is 47.0 Å². The molecule has 0 radical (unpaired) electrons. The largest absolute Gasteiger partial charge is 0.506 e. The first-order valence-corrected chi connectivity index (χ1v) is 5.03. The number of halogens is 2. The Labute approximate surface area is 95.6 Å². The van der Waals surface area contributed by atoms with Crippen molar-refractivity contribution in [2.75, 3.05) is 0 Å². The highest BCUT2D eigenvalue weighted by atomic mass is 79.9. The molecule has 4 heteroatoms. The molecule has 15 heavy (non-hydrogen) atoms.